The number of sulfone groups is 1. The van der Waals surface area contributed by atoms with Crippen molar-refractivity contribution in [1.29, 1.82) is 0 Å². The van der Waals surface area contributed by atoms with Gasteiger partial charge in [-0.3, -0.25) is 10.1 Å². The molecule has 1 aromatic carbocycles. The third-order valence-electron chi connectivity index (χ3n) is 4.46. The first-order valence-corrected chi connectivity index (χ1v) is 10.1. The molecule has 9 heteroatoms. The number of halogens is 4. The summed E-state index contributed by atoms with van der Waals surface area (Å²) in [6.45, 7) is 1.84. The van der Waals surface area contributed by atoms with Gasteiger partial charge in [-0.15, -0.1) is 0 Å². The number of carbonyl (C=O) groups excluding carboxylic acids is 1. The molecule has 1 aliphatic carbocycles. The van der Waals surface area contributed by atoms with Crippen molar-refractivity contribution < 1.29 is 30.8 Å². The first kappa shape index (κ1) is 20.8. The fourth-order valence-electron chi connectivity index (χ4n) is 2.71. The maximum atomic E-state index is 13.5. The van der Waals surface area contributed by atoms with Gasteiger partial charge in [-0.25, -0.2) is 12.8 Å². The second-order valence-corrected chi connectivity index (χ2v) is 9.48. The minimum absolute atomic E-state index is 0.0220. The van der Waals surface area contributed by atoms with Crippen LogP contribution >= 0.6 is 0 Å². The van der Waals surface area contributed by atoms with Crippen molar-refractivity contribution in [1.82, 2.24) is 5.32 Å². The maximum absolute atomic E-state index is 13.5. The third-order valence-corrected chi connectivity index (χ3v) is 5.40. The van der Waals surface area contributed by atoms with E-state index in [0.717, 1.165) is 43.4 Å². The van der Waals surface area contributed by atoms with E-state index >= 15 is 0 Å². The summed E-state index contributed by atoms with van der Waals surface area (Å²) >= 11 is 0. The maximum Gasteiger partial charge on any atom is 0.407 e. The molecular formula is C17H21F4NO3S. The van der Waals surface area contributed by atoms with E-state index in [9.17, 15) is 30.8 Å². The summed E-state index contributed by atoms with van der Waals surface area (Å²) in [6, 6.07) is -0.0668. The van der Waals surface area contributed by atoms with Gasteiger partial charge in [0.05, 0.1) is 11.8 Å². The van der Waals surface area contributed by atoms with Gasteiger partial charge in [0.1, 0.15) is 21.7 Å². The van der Waals surface area contributed by atoms with Crippen LogP contribution < -0.4 is 5.32 Å². The van der Waals surface area contributed by atoms with Gasteiger partial charge in [0.25, 0.3) is 0 Å². The Labute approximate surface area is 149 Å². The van der Waals surface area contributed by atoms with Gasteiger partial charge in [-0.1, -0.05) is 19.1 Å². The fourth-order valence-corrected chi connectivity index (χ4v) is 3.59. The Morgan fingerprint density at radius 2 is 1.77 bits per heavy atom. The number of hydrogen-bond acceptors (Lipinski definition) is 4. The van der Waals surface area contributed by atoms with Crippen LogP contribution in [0.25, 0.3) is 0 Å². The summed E-state index contributed by atoms with van der Waals surface area (Å²) in [4.78, 5) is 12.5. The van der Waals surface area contributed by atoms with E-state index in [1.54, 1.807) is 0 Å². The van der Waals surface area contributed by atoms with Gasteiger partial charge < -0.3 is 0 Å². The molecule has 0 bridgehead atoms. The van der Waals surface area contributed by atoms with Crippen LogP contribution in [0.1, 0.15) is 37.8 Å². The lowest BCUT2D eigenvalue weighted by Gasteiger charge is -2.27. The van der Waals surface area contributed by atoms with Crippen LogP contribution in [0.4, 0.5) is 17.6 Å². The Bertz CT molecular complexity index is 755. The second kappa shape index (κ2) is 7.26. The number of Topliss-reactive ketones (excluding diaryl/α,β-unsaturated/α-hetero) is 1. The van der Waals surface area contributed by atoms with E-state index in [0.29, 0.717) is 0 Å². The lowest BCUT2D eigenvalue weighted by atomic mass is 9.97. The van der Waals surface area contributed by atoms with Gasteiger partial charge in [-0.2, -0.15) is 13.2 Å². The van der Waals surface area contributed by atoms with E-state index in [-0.39, 0.29) is 17.4 Å². The Kier molecular flexibility index (Phi) is 5.82. The topological polar surface area (TPSA) is 63.2 Å². The zero-order valence-corrected chi connectivity index (χ0v) is 15.3. The van der Waals surface area contributed by atoms with Crippen molar-refractivity contribution in [2.75, 3.05) is 12.0 Å². The molecule has 4 nitrogen and oxygen atoms in total. The van der Waals surface area contributed by atoms with Crippen LogP contribution in [0.3, 0.4) is 0 Å². The zero-order valence-electron chi connectivity index (χ0n) is 14.4. The molecule has 1 fully saturated rings. The van der Waals surface area contributed by atoms with Crippen LogP contribution in [0.2, 0.25) is 0 Å². The standard InChI is InChI=1S/C17H21F4NO3S/c1-16(7-8-16)9-14(23)13(10-26(2,24)25)22-15(17(19,20)21)11-3-5-12(18)6-4-11/h3-6,13,15,22H,7-10H2,1-2H3. The van der Waals surface area contributed by atoms with Crippen LogP contribution in [-0.2, 0) is 14.6 Å². The van der Waals surface area contributed by atoms with Crippen molar-refractivity contribution in [3.05, 3.63) is 35.6 Å². The fraction of sp³-hybridized carbons (Fsp3) is 0.588. The molecule has 0 saturated heterocycles. The minimum Gasteiger partial charge on any atom is -0.298 e. The van der Waals surface area contributed by atoms with Crippen molar-refractivity contribution in [3.63, 3.8) is 0 Å². The van der Waals surface area contributed by atoms with Crippen LogP contribution in [0, 0.1) is 11.2 Å². The van der Waals surface area contributed by atoms with Gasteiger partial charge in [0.2, 0.25) is 0 Å². The summed E-state index contributed by atoms with van der Waals surface area (Å²) in [7, 11) is -3.69. The predicted octanol–water partition coefficient (Wildman–Crippen LogP) is 3.19. The number of benzene rings is 1. The van der Waals surface area contributed by atoms with Crippen molar-refractivity contribution in [2.45, 2.75) is 44.4 Å². The number of carbonyl (C=O) groups is 1. The molecule has 0 aliphatic heterocycles. The summed E-state index contributed by atoms with van der Waals surface area (Å²) in [5, 5.41) is 2.16. The van der Waals surface area contributed by atoms with Crippen molar-refractivity contribution >= 4 is 15.6 Å². The van der Waals surface area contributed by atoms with Crippen molar-refractivity contribution in [3.8, 4) is 0 Å². The van der Waals surface area contributed by atoms with Crippen LogP contribution in [0.5, 0.6) is 0 Å². The summed E-state index contributed by atoms with van der Waals surface area (Å²) in [5.41, 5.74) is -0.555. The molecule has 0 radical (unpaired) electrons. The molecule has 1 N–H and O–H groups in total. The van der Waals surface area contributed by atoms with Gasteiger partial charge >= 0.3 is 6.18 Å². The highest BCUT2D eigenvalue weighted by atomic mass is 32.2. The van der Waals surface area contributed by atoms with E-state index in [1.165, 1.54) is 0 Å². The number of hydrogen-bond donors (Lipinski definition) is 1. The normalized spacial score (nSPS) is 19.0. The summed E-state index contributed by atoms with van der Waals surface area (Å²) < 4.78 is 76.7. The second-order valence-electron chi connectivity index (χ2n) is 7.29. The molecule has 0 aromatic heterocycles. The molecular weight excluding hydrogens is 374 g/mol. The molecule has 2 atom stereocenters. The molecule has 1 aliphatic rings. The van der Waals surface area contributed by atoms with Crippen LogP contribution in [0.15, 0.2) is 24.3 Å². The molecule has 0 spiro atoms. The Morgan fingerprint density at radius 3 is 2.19 bits per heavy atom. The van der Waals surface area contributed by atoms with E-state index in [1.807, 2.05) is 6.92 Å². The molecule has 0 heterocycles. The molecule has 1 aromatic rings. The van der Waals surface area contributed by atoms with Crippen LogP contribution in [-0.4, -0.2) is 38.4 Å². The summed E-state index contributed by atoms with van der Waals surface area (Å²) in [6.07, 6.45) is -2.32. The highest BCUT2D eigenvalue weighted by Gasteiger charge is 2.45. The monoisotopic (exact) mass is 395 g/mol. The van der Waals surface area contributed by atoms with Gasteiger partial charge in [-0.05, 0) is 36.0 Å². The molecule has 146 valence electrons. The van der Waals surface area contributed by atoms with Gasteiger partial charge in [0, 0.05) is 12.7 Å². The number of ketones is 1. The van der Waals surface area contributed by atoms with E-state index in [2.05, 4.69) is 5.32 Å². The molecule has 1 saturated carbocycles. The minimum atomic E-state index is -4.78. The average Bonchev–Trinajstić information content (AvgIpc) is 3.19. The first-order valence-electron chi connectivity index (χ1n) is 8.08. The summed E-state index contributed by atoms with van der Waals surface area (Å²) in [5.74, 6) is -1.98. The SMILES string of the molecule is CC1(CC(=O)C(CS(C)(=O)=O)NC(c2ccc(F)cc2)C(F)(F)F)CC1. The van der Waals surface area contributed by atoms with Gasteiger partial charge in [0.15, 0.2) is 5.78 Å². The molecule has 26 heavy (non-hydrogen) atoms. The Balaban J connectivity index is 2.28. The van der Waals surface area contributed by atoms with Crippen molar-refractivity contribution in [2.24, 2.45) is 5.41 Å². The number of alkyl halides is 3. The largest absolute Gasteiger partial charge is 0.407 e. The average molecular weight is 395 g/mol. The highest BCUT2D eigenvalue weighted by Crippen LogP contribution is 2.48. The lowest BCUT2D eigenvalue weighted by Crippen LogP contribution is -2.48. The quantitative estimate of drug-likeness (QED) is 0.687. The Morgan fingerprint density at radius 1 is 1.23 bits per heavy atom. The zero-order chi connectivity index (χ0) is 19.8. The smallest absolute Gasteiger partial charge is 0.298 e. The predicted molar refractivity (Wildman–Crippen MR) is 88.8 cm³/mol. The van der Waals surface area contributed by atoms with E-state index in [4.69, 9.17) is 0 Å². The molecule has 0 amide bonds. The number of rotatable bonds is 8. The Hall–Kier alpha value is -1.48. The van der Waals surface area contributed by atoms with E-state index < -0.39 is 45.5 Å². The highest BCUT2D eigenvalue weighted by molar-refractivity contribution is 7.90. The molecule has 2 rings (SSSR count). The molecule has 2 unspecified atom stereocenters. The third kappa shape index (κ3) is 6.05. The lowest BCUT2D eigenvalue weighted by molar-refractivity contribution is -0.160. The number of nitrogens with one attached hydrogen (secondary N) is 1. The first-order chi connectivity index (χ1) is 11.8.